The quantitative estimate of drug-likeness (QED) is 0.807. The van der Waals surface area contributed by atoms with Gasteiger partial charge in [0.05, 0.1) is 5.69 Å². The lowest BCUT2D eigenvalue weighted by Gasteiger charge is -1.97. The summed E-state index contributed by atoms with van der Waals surface area (Å²) in [5, 5.41) is 0. The van der Waals surface area contributed by atoms with Crippen LogP contribution in [-0.4, -0.2) is 11.2 Å². The van der Waals surface area contributed by atoms with Crippen molar-refractivity contribution in [2.75, 3.05) is 6.26 Å². The smallest absolute Gasteiger partial charge is 0.226 e. The average Bonchev–Trinajstić information content (AvgIpc) is 2.78. The van der Waals surface area contributed by atoms with Crippen LogP contribution in [0.2, 0.25) is 0 Å². The second-order valence-corrected chi connectivity index (χ2v) is 3.96. The normalized spacial score (nSPS) is 10.5. The predicted octanol–water partition coefficient (Wildman–Crippen LogP) is 2.52. The van der Waals surface area contributed by atoms with E-state index >= 15 is 0 Å². The van der Waals surface area contributed by atoms with E-state index in [2.05, 4.69) is 4.98 Å². The molecule has 0 bridgehead atoms. The zero-order chi connectivity index (χ0) is 10.7. The van der Waals surface area contributed by atoms with Gasteiger partial charge in [0, 0.05) is 17.0 Å². The fourth-order valence-corrected chi connectivity index (χ4v) is 1.68. The lowest BCUT2D eigenvalue weighted by molar-refractivity contribution is 0.572. The Morgan fingerprint density at radius 1 is 1.33 bits per heavy atom. The van der Waals surface area contributed by atoms with Crippen molar-refractivity contribution < 1.29 is 4.42 Å². The Kier molecular flexibility index (Phi) is 3.08. The number of aromatic nitrogens is 1. The first-order chi connectivity index (χ1) is 7.33. The molecule has 1 heterocycles. The first-order valence-electron chi connectivity index (χ1n) is 4.62. The summed E-state index contributed by atoms with van der Waals surface area (Å²) in [5.74, 6) is 0.628. The Morgan fingerprint density at radius 2 is 2.07 bits per heavy atom. The standard InChI is InChI=1S/C11H12N2OS/c1-15-10-4-2-8(3-5-10)11-13-9(6-12)7-14-11/h2-5,7H,6,12H2,1H3. The molecular weight excluding hydrogens is 208 g/mol. The molecule has 0 aliphatic rings. The number of nitrogens with two attached hydrogens (primary N) is 1. The summed E-state index contributed by atoms with van der Waals surface area (Å²) < 4.78 is 5.32. The zero-order valence-corrected chi connectivity index (χ0v) is 9.25. The van der Waals surface area contributed by atoms with Gasteiger partial charge in [-0.2, -0.15) is 0 Å². The van der Waals surface area contributed by atoms with E-state index in [9.17, 15) is 0 Å². The molecule has 1 aromatic heterocycles. The van der Waals surface area contributed by atoms with Gasteiger partial charge >= 0.3 is 0 Å². The van der Waals surface area contributed by atoms with Crippen LogP contribution in [0.5, 0.6) is 0 Å². The highest BCUT2D eigenvalue weighted by Gasteiger charge is 2.04. The monoisotopic (exact) mass is 220 g/mol. The van der Waals surface area contributed by atoms with Crippen LogP contribution in [0.15, 0.2) is 39.8 Å². The fraction of sp³-hybridized carbons (Fsp3) is 0.182. The van der Waals surface area contributed by atoms with Crippen molar-refractivity contribution in [3.63, 3.8) is 0 Å². The first kappa shape index (κ1) is 10.3. The minimum atomic E-state index is 0.409. The van der Waals surface area contributed by atoms with E-state index in [0.717, 1.165) is 11.3 Å². The molecule has 78 valence electrons. The van der Waals surface area contributed by atoms with E-state index in [1.54, 1.807) is 18.0 Å². The molecule has 0 fully saturated rings. The summed E-state index contributed by atoms with van der Waals surface area (Å²) in [6, 6.07) is 8.09. The second kappa shape index (κ2) is 4.51. The van der Waals surface area contributed by atoms with Crippen molar-refractivity contribution in [1.29, 1.82) is 0 Å². The molecule has 0 spiro atoms. The Bertz CT molecular complexity index is 436. The molecule has 0 unspecified atom stereocenters. The number of hydrogen-bond acceptors (Lipinski definition) is 4. The zero-order valence-electron chi connectivity index (χ0n) is 8.43. The maximum Gasteiger partial charge on any atom is 0.226 e. The molecule has 0 saturated carbocycles. The van der Waals surface area contributed by atoms with E-state index < -0.39 is 0 Å². The van der Waals surface area contributed by atoms with Crippen LogP contribution in [0.25, 0.3) is 11.5 Å². The summed E-state index contributed by atoms with van der Waals surface area (Å²) in [6.45, 7) is 0.409. The van der Waals surface area contributed by atoms with E-state index in [-0.39, 0.29) is 0 Å². The Hall–Kier alpha value is -1.26. The molecule has 15 heavy (non-hydrogen) atoms. The molecule has 0 amide bonds. The maximum atomic E-state index is 5.46. The SMILES string of the molecule is CSc1ccc(-c2nc(CN)co2)cc1. The highest BCUT2D eigenvalue weighted by molar-refractivity contribution is 7.98. The summed E-state index contributed by atoms with van der Waals surface area (Å²) in [7, 11) is 0. The summed E-state index contributed by atoms with van der Waals surface area (Å²) in [4.78, 5) is 5.48. The molecule has 3 nitrogen and oxygen atoms in total. The van der Waals surface area contributed by atoms with Crippen molar-refractivity contribution in [2.45, 2.75) is 11.4 Å². The van der Waals surface area contributed by atoms with E-state index in [4.69, 9.17) is 10.2 Å². The molecule has 2 aromatic rings. The van der Waals surface area contributed by atoms with E-state index in [0.29, 0.717) is 12.4 Å². The van der Waals surface area contributed by atoms with Crippen LogP contribution in [0.3, 0.4) is 0 Å². The van der Waals surface area contributed by atoms with Crippen molar-refractivity contribution in [3.05, 3.63) is 36.2 Å². The van der Waals surface area contributed by atoms with Crippen LogP contribution in [0, 0.1) is 0 Å². The van der Waals surface area contributed by atoms with Gasteiger partial charge in [-0.15, -0.1) is 11.8 Å². The topological polar surface area (TPSA) is 52.0 Å². The third-order valence-corrected chi connectivity index (χ3v) is 2.84. The lowest BCUT2D eigenvalue weighted by atomic mass is 10.2. The van der Waals surface area contributed by atoms with Crippen LogP contribution < -0.4 is 5.73 Å². The average molecular weight is 220 g/mol. The van der Waals surface area contributed by atoms with Gasteiger partial charge in [0.2, 0.25) is 5.89 Å². The van der Waals surface area contributed by atoms with Gasteiger partial charge in [-0.05, 0) is 30.5 Å². The van der Waals surface area contributed by atoms with Gasteiger partial charge < -0.3 is 10.2 Å². The Balaban J connectivity index is 2.28. The highest BCUT2D eigenvalue weighted by Crippen LogP contribution is 2.22. The largest absolute Gasteiger partial charge is 0.444 e. The van der Waals surface area contributed by atoms with Gasteiger partial charge in [0.25, 0.3) is 0 Å². The van der Waals surface area contributed by atoms with Crippen molar-refractivity contribution >= 4 is 11.8 Å². The van der Waals surface area contributed by atoms with Crippen LogP contribution in [-0.2, 0) is 6.54 Å². The van der Waals surface area contributed by atoms with Crippen molar-refractivity contribution in [3.8, 4) is 11.5 Å². The molecule has 2 N–H and O–H groups in total. The Morgan fingerprint density at radius 3 is 2.60 bits per heavy atom. The minimum absolute atomic E-state index is 0.409. The molecule has 0 aliphatic carbocycles. The Labute approximate surface area is 92.7 Å². The van der Waals surface area contributed by atoms with Crippen LogP contribution >= 0.6 is 11.8 Å². The summed E-state index contributed by atoms with van der Waals surface area (Å²) in [6.07, 6.45) is 3.64. The van der Waals surface area contributed by atoms with Gasteiger partial charge in [-0.3, -0.25) is 0 Å². The fourth-order valence-electron chi connectivity index (χ4n) is 1.27. The van der Waals surface area contributed by atoms with Gasteiger partial charge in [-0.1, -0.05) is 0 Å². The summed E-state index contributed by atoms with van der Waals surface area (Å²) >= 11 is 1.71. The highest BCUT2D eigenvalue weighted by atomic mass is 32.2. The van der Waals surface area contributed by atoms with Crippen molar-refractivity contribution in [1.82, 2.24) is 4.98 Å². The van der Waals surface area contributed by atoms with E-state index in [1.807, 2.05) is 30.5 Å². The number of hydrogen-bond donors (Lipinski definition) is 1. The number of rotatable bonds is 3. The van der Waals surface area contributed by atoms with Crippen LogP contribution in [0.4, 0.5) is 0 Å². The number of nitrogens with zero attached hydrogens (tertiary/aromatic N) is 1. The molecule has 2 rings (SSSR count). The lowest BCUT2D eigenvalue weighted by Crippen LogP contribution is -1.95. The molecular formula is C11H12N2OS. The van der Waals surface area contributed by atoms with Gasteiger partial charge in [0.1, 0.15) is 6.26 Å². The number of oxazole rings is 1. The molecule has 0 atom stereocenters. The first-order valence-corrected chi connectivity index (χ1v) is 5.85. The molecule has 0 aliphatic heterocycles. The summed E-state index contributed by atoms with van der Waals surface area (Å²) in [5.41, 5.74) is 7.22. The molecule has 1 aromatic carbocycles. The number of benzene rings is 1. The minimum Gasteiger partial charge on any atom is -0.444 e. The molecule has 0 saturated heterocycles. The third kappa shape index (κ3) is 2.22. The molecule has 4 heteroatoms. The molecule has 0 radical (unpaired) electrons. The second-order valence-electron chi connectivity index (χ2n) is 3.08. The van der Waals surface area contributed by atoms with E-state index in [1.165, 1.54) is 4.90 Å². The van der Waals surface area contributed by atoms with Gasteiger partial charge in [0.15, 0.2) is 0 Å². The van der Waals surface area contributed by atoms with Crippen molar-refractivity contribution in [2.24, 2.45) is 5.73 Å². The van der Waals surface area contributed by atoms with Crippen LogP contribution in [0.1, 0.15) is 5.69 Å². The van der Waals surface area contributed by atoms with Gasteiger partial charge in [-0.25, -0.2) is 4.98 Å². The number of thioether (sulfide) groups is 1. The maximum absolute atomic E-state index is 5.46. The predicted molar refractivity (Wildman–Crippen MR) is 61.6 cm³/mol. The third-order valence-electron chi connectivity index (χ3n) is 2.10.